The number of rotatable bonds is 7. The van der Waals surface area contributed by atoms with E-state index in [1.54, 1.807) is 18.2 Å². The van der Waals surface area contributed by atoms with Gasteiger partial charge < -0.3 is 15.8 Å². The highest BCUT2D eigenvalue weighted by atomic mass is 127. The normalized spacial score (nSPS) is 15.5. The van der Waals surface area contributed by atoms with Gasteiger partial charge >= 0.3 is 6.18 Å². The molecule has 2 rings (SSSR count). The summed E-state index contributed by atoms with van der Waals surface area (Å²) in [5.74, 6) is 1.09. The van der Waals surface area contributed by atoms with Gasteiger partial charge in [0.05, 0.1) is 13.2 Å². The Morgan fingerprint density at radius 1 is 1.29 bits per heavy atom. The van der Waals surface area contributed by atoms with Gasteiger partial charge in [0.15, 0.2) is 5.96 Å². The fraction of sp³-hybridized carbons (Fsp3) is 0.562. The van der Waals surface area contributed by atoms with E-state index in [2.05, 4.69) is 15.0 Å². The average molecular weight is 457 g/mol. The summed E-state index contributed by atoms with van der Waals surface area (Å²) in [5, 5.41) is 3.10. The van der Waals surface area contributed by atoms with Crippen LogP contribution in [-0.2, 0) is 17.9 Å². The summed E-state index contributed by atoms with van der Waals surface area (Å²) in [5.41, 5.74) is 7.37. The highest BCUT2D eigenvalue weighted by Crippen LogP contribution is 2.25. The van der Waals surface area contributed by atoms with Crippen molar-refractivity contribution in [3.05, 3.63) is 35.4 Å². The molecule has 0 heterocycles. The highest BCUT2D eigenvalue weighted by Gasteiger charge is 2.27. The molecule has 1 aliphatic rings. The van der Waals surface area contributed by atoms with Gasteiger partial charge in [0.25, 0.3) is 0 Å². The van der Waals surface area contributed by atoms with E-state index in [0.717, 1.165) is 12.1 Å². The van der Waals surface area contributed by atoms with Crippen LogP contribution in [0.15, 0.2) is 29.3 Å². The van der Waals surface area contributed by atoms with Crippen molar-refractivity contribution < 1.29 is 17.9 Å². The lowest BCUT2D eigenvalue weighted by Gasteiger charge is -2.25. The third kappa shape index (κ3) is 8.18. The van der Waals surface area contributed by atoms with Crippen LogP contribution in [0.2, 0.25) is 0 Å². The molecule has 1 fully saturated rings. The zero-order valence-corrected chi connectivity index (χ0v) is 15.6. The first-order chi connectivity index (χ1) is 10.9. The number of alkyl halides is 3. The second-order valence-corrected chi connectivity index (χ2v) is 5.81. The second-order valence-electron chi connectivity index (χ2n) is 5.81. The van der Waals surface area contributed by atoms with Crippen molar-refractivity contribution in [2.24, 2.45) is 16.6 Å². The SMILES string of the molecule is I.NC(=NCc1cccc(COCC(F)(F)F)c1)NCC1CCC1. The Morgan fingerprint density at radius 3 is 2.62 bits per heavy atom. The minimum Gasteiger partial charge on any atom is -0.370 e. The van der Waals surface area contributed by atoms with Gasteiger partial charge in [-0.1, -0.05) is 30.7 Å². The van der Waals surface area contributed by atoms with Crippen LogP contribution in [0.3, 0.4) is 0 Å². The Balaban J connectivity index is 0.00000288. The lowest BCUT2D eigenvalue weighted by Crippen LogP contribution is -2.37. The number of ether oxygens (including phenoxy) is 1. The first-order valence-electron chi connectivity index (χ1n) is 7.68. The van der Waals surface area contributed by atoms with E-state index in [9.17, 15) is 13.2 Å². The van der Waals surface area contributed by atoms with Crippen molar-refractivity contribution in [2.75, 3.05) is 13.2 Å². The molecule has 1 saturated carbocycles. The van der Waals surface area contributed by atoms with Crippen LogP contribution >= 0.6 is 24.0 Å². The summed E-state index contributed by atoms with van der Waals surface area (Å²) in [4.78, 5) is 4.25. The summed E-state index contributed by atoms with van der Waals surface area (Å²) < 4.78 is 40.8. The smallest absolute Gasteiger partial charge is 0.370 e. The third-order valence-corrected chi connectivity index (χ3v) is 3.75. The summed E-state index contributed by atoms with van der Waals surface area (Å²) in [6.45, 7) is -0.0862. The quantitative estimate of drug-likeness (QED) is 0.374. The van der Waals surface area contributed by atoms with Gasteiger partial charge in [-0.05, 0) is 29.9 Å². The Labute approximate surface area is 157 Å². The maximum absolute atomic E-state index is 12.0. The van der Waals surface area contributed by atoms with Crippen molar-refractivity contribution in [2.45, 2.75) is 38.6 Å². The van der Waals surface area contributed by atoms with Crippen LogP contribution in [0.4, 0.5) is 13.2 Å². The summed E-state index contributed by atoms with van der Waals surface area (Å²) >= 11 is 0. The minimum atomic E-state index is -4.30. The van der Waals surface area contributed by atoms with Gasteiger partial charge in [-0.15, -0.1) is 24.0 Å². The van der Waals surface area contributed by atoms with E-state index in [0.29, 0.717) is 24.0 Å². The number of hydrogen-bond acceptors (Lipinski definition) is 2. The van der Waals surface area contributed by atoms with E-state index >= 15 is 0 Å². The molecule has 24 heavy (non-hydrogen) atoms. The van der Waals surface area contributed by atoms with Crippen molar-refractivity contribution in [3.8, 4) is 0 Å². The lowest BCUT2D eigenvalue weighted by molar-refractivity contribution is -0.176. The van der Waals surface area contributed by atoms with Crippen LogP contribution in [0, 0.1) is 5.92 Å². The number of nitrogens with zero attached hydrogens (tertiary/aromatic N) is 1. The van der Waals surface area contributed by atoms with E-state index in [-0.39, 0.29) is 30.6 Å². The van der Waals surface area contributed by atoms with Crippen molar-refractivity contribution in [1.82, 2.24) is 5.32 Å². The van der Waals surface area contributed by atoms with E-state index in [4.69, 9.17) is 5.73 Å². The molecule has 136 valence electrons. The fourth-order valence-electron chi connectivity index (χ4n) is 2.28. The average Bonchev–Trinajstić information content (AvgIpc) is 2.42. The fourth-order valence-corrected chi connectivity index (χ4v) is 2.28. The second kappa shape index (κ2) is 10.1. The van der Waals surface area contributed by atoms with Crippen LogP contribution < -0.4 is 11.1 Å². The number of hydrogen-bond donors (Lipinski definition) is 2. The van der Waals surface area contributed by atoms with Gasteiger partial charge in [0.1, 0.15) is 6.61 Å². The number of halogens is 4. The predicted octanol–water partition coefficient (Wildman–Crippen LogP) is 3.59. The number of benzene rings is 1. The van der Waals surface area contributed by atoms with Gasteiger partial charge in [-0.3, -0.25) is 0 Å². The first kappa shape index (κ1) is 21.0. The third-order valence-electron chi connectivity index (χ3n) is 3.75. The Morgan fingerprint density at radius 2 is 2.00 bits per heavy atom. The Hall–Kier alpha value is -1.03. The highest BCUT2D eigenvalue weighted by molar-refractivity contribution is 14.0. The van der Waals surface area contributed by atoms with Crippen molar-refractivity contribution in [3.63, 3.8) is 0 Å². The van der Waals surface area contributed by atoms with Crippen LogP contribution in [0.5, 0.6) is 0 Å². The molecule has 1 aromatic carbocycles. The molecule has 1 aromatic rings. The maximum atomic E-state index is 12.0. The van der Waals surface area contributed by atoms with Gasteiger partial charge in [-0.25, -0.2) is 4.99 Å². The van der Waals surface area contributed by atoms with Gasteiger partial charge in [0.2, 0.25) is 0 Å². The van der Waals surface area contributed by atoms with Crippen LogP contribution in [-0.4, -0.2) is 25.3 Å². The number of aliphatic imine (C=N–C) groups is 1. The molecule has 0 aliphatic heterocycles. The molecule has 4 nitrogen and oxygen atoms in total. The van der Waals surface area contributed by atoms with Gasteiger partial charge in [-0.2, -0.15) is 13.2 Å². The molecule has 0 bridgehead atoms. The molecule has 0 radical (unpaired) electrons. The van der Waals surface area contributed by atoms with Crippen molar-refractivity contribution >= 4 is 29.9 Å². The standard InChI is InChI=1S/C16H22F3N3O.HI/c17-16(18,19)11-23-10-14-6-2-5-13(7-14)9-22-15(20)21-8-12-3-1-4-12;/h2,5-7,12H,1,3-4,8-11H2,(H3,20,21,22);1H. The summed E-state index contributed by atoms with van der Waals surface area (Å²) in [6.07, 6.45) is -0.546. The van der Waals surface area contributed by atoms with Crippen molar-refractivity contribution in [1.29, 1.82) is 0 Å². The monoisotopic (exact) mass is 457 g/mol. The lowest BCUT2D eigenvalue weighted by atomic mass is 9.85. The molecular weight excluding hydrogens is 434 g/mol. The van der Waals surface area contributed by atoms with Crippen LogP contribution in [0.1, 0.15) is 30.4 Å². The Kier molecular flexibility index (Phi) is 8.82. The number of nitrogens with one attached hydrogen (secondary N) is 1. The molecule has 3 N–H and O–H groups in total. The molecule has 0 saturated heterocycles. The van der Waals surface area contributed by atoms with E-state index in [1.807, 2.05) is 6.07 Å². The molecule has 0 amide bonds. The topological polar surface area (TPSA) is 59.6 Å². The first-order valence-corrected chi connectivity index (χ1v) is 7.68. The van der Waals surface area contributed by atoms with E-state index in [1.165, 1.54) is 19.3 Å². The molecule has 0 unspecified atom stereocenters. The zero-order chi connectivity index (χ0) is 16.7. The number of guanidine groups is 1. The van der Waals surface area contributed by atoms with Gasteiger partial charge in [0, 0.05) is 6.54 Å². The summed E-state index contributed by atoms with van der Waals surface area (Å²) in [6, 6.07) is 7.13. The molecule has 8 heteroatoms. The van der Waals surface area contributed by atoms with Crippen LogP contribution in [0.25, 0.3) is 0 Å². The minimum absolute atomic E-state index is 0. The largest absolute Gasteiger partial charge is 0.411 e. The molecule has 0 spiro atoms. The predicted molar refractivity (Wildman–Crippen MR) is 98.2 cm³/mol. The molecule has 0 aromatic heterocycles. The summed E-state index contributed by atoms with van der Waals surface area (Å²) in [7, 11) is 0. The Bertz CT molecular complexity index is 534. The van der Waals surface area contributed by atoms with E-state index < -0.39 is 12.8 Å². The zero-order valence-electron chi connectivity index (χ0n) is 13.3. The molecular formula is C16H23F3IN3O. The number of nitrogens with two attached hydrogens (primary N) is 1. The molecule has 0 atom stereocenters. The maximum Gasteiger partial charge on any atom is 0.411 e. The molecule has 1 aliphatic carbocycles.